The van der Waals surface area contributed by atoms with E-state index in [9.17, 15) is 5.26 Å². The fourth-order valence-electron chi connectivity index (χ4n) is 2.30. The van der Waals surface area contributed by atoms with Crippen LogP contribution in [-0.2, 0) is 11.3 Å². The Labute approximate surface area is 128 Å². The van der Waals surface area contributed by atoms with E-state index in [1.807, 2.05) is 24.3 Å². The first-order valence-electron chi connectivity index (χ1n) is 7.18. The molecule has 22 heavy (non-hydrogen) atoms. The lowest BCUT2D eigenvalue weighted by Gasteiger charge is -2.12. The van der Waals surface area contributed by atoms with Crippen molar-refractivity contribution in [3.8, 4) is 17.3 Å². The Balaban J connectivity index is 1.95. The van der Waals surface area contributed by atoms with Crippen LogP contribution in [0.5, 0.6) is 0 Å². The number of nitrogens with two attached hydrogens (primary N) is 2. The van der Waals surface area contributed by atoms with Gasteiger partial charge in [0.15, 0.2) is 0 Å². The van der Waals surface area contributed by atoms with Crippen LogP contribution in [0.4, 0.5) is 11.8 Å². The van der Waals surface area contributed by atoms with Crippen molar-refractivity contribution in [3.63, 3.8) is 0 Å². The Morgan fingerprint density at radius 3 is 2.73 bits per heavy atom. The third kappa shape index (κ3) is 3.00. The van der Waals surface area contributed by atoms with Crippen molar-refractivity contribution in [2.75, 3.05) is 18.1 Å². The van der Waals surface area contributed by atoms with Gasteiger partial charge in [-0.15, -0.1) is 0 Å². The minimum Gasteiger partial charge on any atom is -0.382 e. The molecule has 3 rings (SSSR count). The number of nitriles is 1. The van der Waals surface area contributed by atoms with Gasteiger partial charge in [-0.1, -0.05) is 24.3 Å². The van der Waals surface area contributed by atoms with Crippen LogP contribution < -0.4 is 11.5 Å². The van der Waals surface area contributed by atoms with Crippen LogP contribution in [0.25, 0.3) is 11.3 Å². The molecular formula is C16H17N5O. The fraction of sp³-hybridized carbons (Fsp3) is 0.312. The van der Waals surface area contributed by atoms with Gasteiger partial charge in [-0.05, 0) is 24.3 Å². The molecule has 1 aliphatic carbocycles. The zero-order valence-corrected chi connectivity index (χ0v) is 12.1. The van der Waals surface area contributed by atoms with Gasteiger partial charge in [0, 0.05) is 12.2 Å². The molecule has 2 aromatic rings. The number of rotatable bonds is 5. The topological polar surface area (TPSA) is 111 Å². The van der Waals surface area contributed by atoms with Gasteiger partial charge in [-0.25, -0.2) is 4.98 Å². The summed E-state index contributed by atoms with van der Waals surface area (Å²) >= 11 is 0. The van der Waals surface area contributed by atoms with Crippen LogP contribution in [0, 0.1) is 17.2 Å². The number of nitrogen functional groups attached to an aromatic ring is 2. The second-order valence-electron chi connectivity index (χ2n) is 5.42. The lowest BCUT2D eigenvalue weighted by molar-refractivity contribution is 0.111. The lowest BCUT2D eigenvalue weighted by Crippen LogP contribution is -2.06. The van der Waals surface area contributed by atoms with Gasteiger partial charge in [-0.3, -0.25) is 0 Å². The Kier molecular flexibility index (Phi) is 3.90. The van der Waals surface area contributed by atoms with Gasteiger partial charge in [0.1, 0.15) is 17.5 Å². The summed E-state index contributed by atoms with van der Waals surface area (Å²) in [6.45, 7) is 1.24. The summed E-state index contributed by atoms with van der Waals surface area (Å²) < 4.78 is 5.75. The van der Waals surface area contributed by atoms with Crippen LogP contribution in [-0.4, -0.2) is 16.6 Å². The van der Waals surface area contributed by atoms with E-state index in [0.717, 1.165) is 17.7 Å². The molecule has 6 nitrogen and oxygen atoms in total. The maximum Gasteiger partial charge on any atom is 0.222 e. The van der Waals surface area contributed by atoms with Gasteiger partial charge in [0.05, 0.1) is 12.3 Å². The molecule has 0 saturated heterocycles. The van der Waals surface area contributed by atoms with Crippen molar-refractivity contribution in [1.29, 1.82) is 5.26 Å². The molecule has 4 N–H and O–H groups in total. The fourth-order valence-corrected chi connectivity index (χ4v) is 2.30. The predicted octanol–water partition coefficient (Wildman–Crippen LogP) is 2.11. The van der Waals surface area contributed by atoms with Gasteiger partial charge >= 0.3 is 0 Å². The van der Waals surface area contributed by atoms with Crippen molar-refractivity contribution in [1.82, 2.24) is 9.97 Å². The molecule has 1 saturated carbocycles. The van der Waals surface area contributed by atoms with E-state index in [0.29, 0.717) is 18.2 Å². The van der Waals surface area contributed by atoms with E-state index in [-0.39, 0.29) is 17.3 Å². The molecule has 0 aliphatic heterocycles. The average molecular weight is 295 g/mol. The normalized spacial score (nSPS) is 13.8. The molecule has 112 valence electrons. The van der Waals surface area contributed by atoms with Crippen LogP contribution in [0.15, 0.2) is 24.3 Å². The Hall–Kier alpha value is -2.65. The minimum atomic E-state index is 0.0557. The number of benzene rings is 1. The number of aromatic nitrogens is 2. The highest BCUT2D eigenvalue weighted by atomic mass is 16.5. The number of anilines is 2. The van der Waals surface area contributed by atoms with Crippen molar-refractivity contribution in [2.45, 2.75) is 19.4 Å². The molecule has 1 aromatic carbocycles. The Morgan fingerprint density at radius 2 is 2.00 bits per heavy atom. The van der Waals surface area contributed by atoms with E-state index >= 15 is 0 Å². The number of hydrogen-bond donors (Lipinski definition) is 2. The zero-order chi connectivity index (χ0) is 15.5. The van der Waals surface area contributed by atoms with Crippen molar-refractivity contribution >= 4 is 11.8 Å². The highest BCUT2D eigenvalue weighted by Crippen LogP contribution is 2.31. The van der Waals surface area contributed by atoms with E-state index in [1.54, 1.807) is 0 Å². The maximum absolute atomic E-state index is 9.32. The third-order valence-corrected chi connectivity index (χ3v) is 3.65. The first-order valence-corrected chi connectivity index (χ1v) is 7.18. The largest absolute Gasteiger partial charge is 0.382 e. The van der Waals surface area contributed by atoms with E-state index in [1.165, 1.54) is 12.8 Å². The smallest absolute Gasteiger partial charge is 0.222 e. The molecule has 0 amide bonds. The van der Waals surface area contributed by atoms with Gasteiger partial charge in [-0.2, -0.15) is 10.2 Å². The molecular weight excluding hydrogens is 278 g/mol. The van der Waals surface area contributed by atoms with Crippen molar-refractivity contribution in [2.24, 2.45) is 5.92 Å². The molecule has 6 heteroatoms. The lowest BCUT2D eigenvalue weighted by atomic mass is 10.0. The molecule has 1 aromatic heterocycles. The Morgan fingerprint density at radius 1 is 1.23 bits per heavy atom. The van der Waals surface area contributed by atoms with Crippen LogP contribution in [0.2, 0.25) is 0 Å². The molecule has 0 bridgehead atoms. The van der Waals surface area contributed by atoms with E-state index in [2.05, 4.69) is 16.0 Å². The summed E-state index contributed by atoms with van der Waals surface area (Å²) in [5, 5.41) is 9.32. The highest BCUT2D eigenvalue weighted by molar-refractivity contribution is 5.75. The van der Waals surface area contributed by atoms with E-state index in [4.69, 9.17) is 16.2 Å². The molecule has 0 radical (unpaired) electrons. The van der Waals surface area contributed by atoms with E-state index < -0.39 is 0 Å². The Bertz CT molecular complexity index is 734. The second kappa shape index (κ2) is 6.00. The summed E-state index contributed by atoms with van der Waals surface area (Å²) in [7, 11) is 0. The van der Waals surface area contributed by atoms with Crippen LogP contribution in [0.1, 0.15) is 24.0 Å². The average Bonchev–Trinajstić information content (AvgIpc) is 3.31. The molecule has 0 unspecified atom stereocenters. The summed E-state index contributed by atoms with van der Waals surface area (Å²) in [6.07, 6.45) is 2.50. The molecule has 0 atom stereocenters. The van der Waals surface area contributed by atoms with Crippen molar-refractivity contribution < 1.29 is 4.74 Å². The first-order chi connectivity index (χ1) is 10.7. The molecule has 1 fully saturated rings. The number of hydrogen-bond acceptors (Lipinski definition) is 6. The molecule has 0 spiro atoms. The molecule has 1 heterocycles. The summed E-state index contributed by atoms with van der Waals surface area (Å²) in [4.78, 5) is 8.04. The van der Waals surface area contributed by atoms with Crippen LogP contribution >= 0.6 is 0 Å². The van der Waals surface area contributed by atoms with Crippen LogP contribution in [0.3, 0.4) is 0 Å². The second-order valence-corrected chi connectivity index (χ2v) is 5.42. The van der Waals surface area contributed by atoms with Gasteiger partial charge in [0.2, 0.25) is 5.95 Å². The van der Waals surface area contributed by atoms with Crippen molar-refractivity contribution in [3.05, 3.63) is 35.4 Å². The van der Waals surface area contributed by atoms with Gasteiger partial charge in [0.25, 0.3) is 0 Å². The maximum atomic E-state index is 9.32. The minimum absolute atomic E-state index is 0.0557. The first kappa shape index (κ1) is 14.3. The quantitative estimate of drug-likeness (QED) is 0.873. The standard InChI is InChI=1S/C16H17N5O/c17-7-13-14(20-16(19)21-15(13)18)12-4-2-1-3-11(12)9-22-8-10-5-6-10/h1-4,10H,5-6,8-9H2,(H4,18,19,20,21). The summed E-state index contributed by atoms with van der Waals surface area (Å²) in [5.41, 5.74) is 13.9. The zero-order valence-electron chi connectivity index (χ0n) is 12.1. The molecule has 1 aliphatic rings. The summed E-state index contributed by atoms with van der Waals surface area (Å²) in [5.74, 6) is 0.853. The van der Waals surface area contributed by atoms with Gasteiger partial charge < -0.3 is 16.2 Å². The number of nitrogens with zero attached hydrogens (tertiary/aromatic N) is 3. The number of ether oxygens (including phenoxy) is 1. The highest BCUT2D eigenvalue weighted by Gasteiger charge is 2.21. The SMILES string of the molecule is N#Cc1c(N)nc(N)nc1-c1ccccc1COCC1CC1. The third-order valence-electron chi connectivity index (χ3n) is 3.65. The monoisotopic (exact) mass is 295 g/mol. The predicted molar refractivity (Wildman–Crippen MR) is 83.4 cm³/mol. The summed E-state index contributed by atoms with van der Waals surface area (Å²) in [6, 6.07) is 9.71.